The summed E-state index contributed by atoms with van der Waals surface area (Å²) in [6, 6.07) is 0. The van der Waals surface area contributed by atoms with Crippen LogP contribution in [0, 0.1) is 0 Å². The fraction of sp³-hybridized carbons (Fsp3) is 0.812. The second kappa shape index (κ2) is 7.07. The molecule has 0 amide bonds. The van der Waals surface area contributed by atoms with E-state index in [4.69, 9.17) is 4.98 Å². The average Bonchev–Trinajstić information content (AvgIpc) is 3.26. The second-order valence-electron chi connectivity index (χ2n) is 6.19. The van der Waals surface area contributed by atoms with Crippen LogP contribution in [0.3, 0.4) is 0 Å². The summed E-state index contributed by atoms with van der Waals surface area (Å²) in [6.07, 6.45) is 3.94. The van der Waals surface area contributed by atoms with Gasteiger partial charge < -0.3 is 10.2 Å². The van der Waals surface area contributed by atoms with E-state index in [1.165, 1.54) is 54.6 Å². The summed E-state index contributed by atoms with van der Waals surface area (Å²) < 4.78 is 0. The van der Waals surface area contributed by atoms with E-state index in [1.54, 1.807) is 0 Å². The quantitative estimate of drug-likeness (QED) is 0.839. The van der Waals surface area contributed by atoms with Crippen LogP contribution in [0.15, 0.2) is 0 Å². The highest BCUT2D eigenvalue weighted by molar-refractivity contribution is 7.15. The lowest BCUT2D eigenvalue weighted by molar-refractivity contribution is 0.258. The maximum atomic E-state index is 5.01. The third-order valence-electron chi connectivity index (χ3n) is 4.40. The molecule has 21 heavy (non-hydrogen) atoms. The molecule has 2 fully saturated rings. The van der Waals surface area contributed by atoms with Crippen molar-refractivity contribution < 1.29 is 0 Å². The Kier molecular flexibility index (Phi) is 5.14. The molecule has 0 atom stereocenters. The molecular weight excluding hydrogens is 280 g/mol. The molecule has 1 aromatic heterocycles. The van der Waals surface area contributed by atoms with E-state index in [-0.39, 0.29) is 0 Å². The van der Waals surface area contributed by atoms with Gasteiger partial charge in [0.05, 0.1) is 5.69 Å². The first-order valence-electron chi connectivity index (χ1n) is 8.49. The summed E-state index contributed by atoms with van der Waals surface area (Å²) >= 11 is 1.92. The van der Waals surface area contributed by atoms with Crippen molar-refractivity contribution in [2.24, 2.45) is 0 Å². The third kappa shape index (κ3) is 3.76. The zero-order valence-corrected chi connectivity index (χ0v) is 14.2. The van der Waals surface area contributed by atoms with E-state index in [2.05, 4.69) is 29.0 Å². The summed E-state index contributed by atoms with van der Waals surface area (Å²) in [5.41, 5.74) is 1.40. The zero-order chi connectivity index (χ0) is 14.7. The Bertz CT molecular complexity index is 447. The van der Waals surface area contributed by atoms with Crippen LogP contribution in [-0.2, 0) is 6.54 Å². The molecule has 1 saturated heterocycles. The number of thiazole rings is 1. The van der Waals surface area contributed by atoms with Crippen molar-refractivity contribution in [1.82, 2.24) is 15.2 Å². The Morgan fingerprint density at radius 3 is 2.57 bits per heavy atom. The molecule has 0 unspecified atom stereocenters. The summed E-state index contributed by atoms with van der Waals surface area (Å²) in [5, 5.41) is 4.74. The van der Waals surface area contributed by atoms with Crippen molar-refractivity contribution in [2.75, 3.05) is 44.2 Å². The largest absolute Gasteiger partial charge is 0.346 e. The van der Waals surface area contributed by atoms with Gasteiger partial charge in [0, 0.05) is 43.5 Å². The second-order valence-corrected chi connectivity index (χ2v) is 7.25. The van der Waals surface area contributed by atoms with Gasteiger partial charge in [0.1, 0.15) is 0 Å². The number of nitrogens with zero attached hydrogens (tertiary/aromatic N) is 3. The molecule has 118 valence electrons. The maximum absolute atomic E-state index is 5.01. The number of hydrogen-bond acceptors (Lipinski definition) is 5. The molecule has 2 heterocycles. The van der Waals surface area contributed by atoms with Gasteiger partial charge >= 0.3 is 0 Å². The van der Waals surface area contributed by atoms with Crippen LogP contribution in [0.4, 0.5) is 5.13 Å². The van der Waals surface area contributed by atoms with Crippen LogP contribution >= 0.6 is 11.3 Å². The highest BCUT2D eigenvalue weighted by atomic mass is 32.1. The van der Waals surface area contributed by atoms with Crippen LogP contribution in [0.25, 0.3) is 0 Å². The Hall–Kier alpha value is -0.650. The SMILES string of the molecule is CCCN1CCN(c2nc(C3CC3)c(CNCC)s2)CC1. The molecule has 0 spiro atoms. The van der Waals surface area contributed by atoms with Gasteiger partial charge in [-0.3, -0.25) is 4.90 Å². The van der Waals surface area contributed by atoms with Gasteiger partial charge in [-0.2, -0.15) is 0 Å². The van der Waals surface area contributed by atoms with Crippen LogP contribution < -0.4 is 10.2 Å². The fourth-order valence-corrected chi connectivity index (χ4v) is 4.17. The Labute approximate surface area is 132 Å². The van der Waals surface area contributed by atoms with Crippen LogP contribution in [0.5, 0.6) is 0 Å². The van der Waals surface area contributed by atoms with E-state index in [9.17, 15) is 0 Å². The number of piperazine rings is 1. The van der Waals surface area contributed by atoms with Crippen molar-refractivity contribution in [1.29, 1.82) is 0 Å². The van der Waals surface area contributed by atoms with Crippen molar-refractivity contribution >= 4 is 16.5 Å². The Morgan fingerprint density at radius 2 is 1.95 bits per heavy atom. The molecule has 3 rings (SSSR count). The van der Waals surface area contributed by atoms with Gasteiger partial charge in [-0.1, -0.05) is 13.8 Å². The molecule has 0 radical (unpaired) electrons. The number of nitrogens with one attached hydrogen (secondary N) is 1. The predicted octanol–water partition coefficient (Wildman–Crippen LogP) is 2.66. The molecular formula is C16H28N4S. The van der Waals surface area contributed by atoms with Crippen molar-refractivity contribution in [2.45, 2.75) is 45.6 Å². The summed E-state index contributed by atoms with van der Waals surface area (Å²) in [6.45, 7) is 12.4. The van der Waals surface area contributed by atoms with E-state index in [0.717, 1.165) is 32.1 Å². The van der Waals surface area contributed by atoms with E-state index in [1.807, 2.05) is 11.3 Å². The van der Waals surface area contributed by atoms with Crippen molar-refractivity contribution in [3.8, 4) is 0 Å². The molecule has 0 bridgehead atoms. The zero-order valence-electron chi connectivity index (χ0n) is 13.4. The fourth-order valence-electron chi connectivity index (χ4n) is 3.01. The predicted molar refractivity (Wildman–Crippen MR) is 90.4 cm³/mol. The molecule has 1 saturated carbocycles. The molecule has 1 N–H and O–H groups in total. The highest BCUT2D eigenvalue weighted by Crippen LogP contribution is 2.44. The van der Waals surface area contributed by atoms with Crippen LogP contribution in [-0.4, -0.2) is 49.2 Å². The molecule has 4 nitrogen and oxygen atoms in total. The van der Waals surface area contributed by atoms with Gasteiger partial charge in [-0.25, -0.2) is 4.98 Å². The minimum atomic E-state index is 0.755. The molecule has 5 heteroatoms. The van der Waals surface area contributed by atoms with E-state index < -0.39 is 0 Å². The van der Waals surface area contributed by atoms with Gasteiger partial charge in [0.15, 0.2) is 5.13 Å². The first-order chi connectivity index (χ1) is 10.3. The van der Waals surface area contributed by atoms with Crippen LogP contribution in [0.2, 0.25) is 0 Å². The summed E-state index contributed by atoms with van der Waals surface area (Å²) in [7, 11) is 0. The van der Waals surface area contributed by atoms with Gasteiger partial charge in [0.2, 0.25) is 0 Å². The molecule has 1 aliphatic carbocycles. The van der Waals surface area contributed by atoms with E-state index >= 15 is 0 Å². The van der Waals surface area contributed by atoms with Gasteiger partial charge in [-0.05, 0) is 32.4 Å². The molecule has 2 aliphatic rings. The minimum Gasteiger partial charge on any atom is -0.346 e. The normalized spacial score (nSPS) is 20.2. The first kappa shape index (κ1) is 15.3. The third-order valence-corrected chi connectivity index (χ3v) is 5.53. The smallest absolute Gasteiger partial charge is 0.185 e. The topological polar surface area (TPSA) is 31.4 Å². The Balaban J connectivity index is 1.65. The average molecular weight is 308 g/mol. The highest BCUT2D eigenvalue weighted by Gasteiger charge is 2.30. The first-order valence-corrected chi connectivity index (χ1v) is 9.31. The number of rotatable bonds is 7. The number of anilines is 1. The molecule has 1 aliphatic heterocycles. The summed E-state index contributed by atoms with van der Waals surface area (Å²) in [5.74, 6) is 0.755. The van der Waals surface area contributed by atoms with Crippen molar-refractivity contribution in [3.05, 3.63) is 10.6 Å². The minimum absolute atomic E-state index is 0.755. The number of aromatic nitrogens is 1. The maximum Gasteiger partial charge on any atom is 0.185 e. The lowest BCUT2D eigenvalue weighted by atomic mass is 10.2. The van der Waals surface area contributed by atoms with E-state index in [0.29, 0.717) is 0 Å². The monoisotopic (exact) mass is 308 g/mol. The summed E-state index contributed by atoms with van der Waals surface area (Å²) in [4.78, 5) is 11.6. The van der Waals surface area contributed by atoms with Crippen LogP contribution in [0.1, 0.15) is 49.6 Å². The lowest BCUT2D eigenvalue weighted by Gasteiger charge is -2.34. The molecule has 0 aromatic carbocycles. The Morgan fingerprint density at radius 1 is 1.19 bits per heavy atom. The standard InChI is InChI=1S/C16H28N4S/c1-3-7-19-8-10-20(11-9-19)16-18-15(13-5-6-13)14(21-16)12-17-4-2/h13,17H,3-12H2,1-2H3. The van der Waals surface area contributed by atoms with Crippen molar-refractivity contribution in [3.63, 3.8) is 0 Å². The van der Waals surface area contributed by atoms with Gasteiger partial charge in [0.25, 0.3) is 0 Å². The number of hydrogen-bond donors (Lipinski definition) is 1. The lowest BCUT2D eigenvalue weighted by Crippen LogP contribution is -2.46. The molecule has 1 aromatic rings. The van der Waals surface area contributed by atoms with Gasteiger partial charge in [-0.15, -0.1) is 11.3 Å².